The fourth-order valence-electron chi connectivity index (χ4n) is 1.69. The van der Waals surface area contributed by atoms with Gasteiger partial charge in [-0.15, -0.1) is 0 Å². The first-order valence-corrected chi connectivity index (χ1v) is 5.38. The van der Waals surface area contributed by atoms with Gasteiger partial charge in [0, 0.05) is 12.7 Å². The van der Waals surface area contributed by atoms with Gasteiger partial charge in [0.2, 0.25) is 5.28 Å². The highest BCUT2D eigenvalue weighted by molar-refractivity contribution is 6.28. The molecule has 5 heteroatoms. The van der Waals surface area contributed by atoms with Gasteiger partial charge in [-0.05, 0) is 29.9 Å². The van der Waals surface area contributed by atoms with Crippen molar-refractivity contribution in [2.75, 3.05) is 0 Å². The lowest BCUT2D eigenvalue weighted by Crippen LogP contribution is -2.09. The normalized spacial score (nSPS) is 18.3. The molecule has 2 aromatic heterocycles. The zero-order chi connectivity index (χ0) is 10.5. The van der Waals surface area contributed by atoms with Crippen LogP contribution in [0.1, 0.15) is 19.8 Å². The second-order valence-electron chi connectivity index (χ2n) is 4.53. The van der Waals surface area contributed by atoms with Gasteiger partial charge >= 0.3 is 0 Å². The fraction of sp³-hybridized carbons (Fsp3) is 0.500. The number of halogens is 1. The largest absolute Gasteiger partial charge is 0.247 e. The number of hydrogen-bond donors (Lipinski definition) is 0. The molecule has 2 heterocycles. The Morgan fingerprint density at radius 3 is 3.00 bits per heavy atom. The van der Waals surface area contributed by atoms with Gasteiger partial charge in [0.1, 0.15) is 0 Å². The van der Waals surface area contributed by atoms with Crippen LogP contribution < -0.4 is 0 Å². The van der Waals surface area contributed by atoms with E-state index in [0.29, 0.717) is 5.41 Å². The maximum absolute atomic E-state index is 5.77. The quantitative estimate of drug-likeness (QED) is 0.733. The molecular weight excluding hydrogens is 212 g/mol. The highest BCUT2D eigenvalue weighted by Gasteiger charge is 2.38. The van der Waals surface area contributed by atoms with Gasteiger partial charge in [0.05, 0.1) is 11.6 Å². The molecule has 0 N–H and O–H groups in total. The van der Waals surface area contributed by atoms with E-state index in [9.17, 15) is 0 Å². The summed E-state index contributed by atoms with van der Waals surface area (Å²) in [6, 6.07) is 0. The molecular formula is C10H11ClN4. The van der Waals surface area contributed by atoms with Crippen LogP contribution in [-0.4, -0.2) is 19.7 Å². The monoisotopic (exact) mass is 222 g/mol. The molecule has 1 fully saturated rings. The van der Waals surface area contributed by atoms with Gasteiger partial charge in [0.25, 0.3) is 0 Å². The maximum Gasteiger partial charge on any atom is 0.224 e. The molecule has 4 nitrogen and oxygen atoms in total. The number of aromatic nitrogens is 4. The van der Waals surface area contributed by atoms with Crippen LogP contribution in [0.15, 0.2) is 12.4 Å². The Hall–Kier alpha value is -1.16. The average molecular weight is 223 g/mol. The zero-order valence-corrected chi connectivity index (χ0v) is 9.20. The Labute approximate surface area is 92.3 Å². The summed E-state index contributed by atoms with van der Waals surface area (Å²) >= 11 is 5.77. The molecule has 1 aliphatic rings. The Bertz CT molecular complexity index is 515. The average Bonchev–Trinajstić information content (AvgIpc) is 2.80. The second kappa shape index (κ2) is 2.92. The van der Waals surface area contributed by atoms with Gasteiger partial charge < -0.3 is 0 Å². The standard InChI is InChI=1S/C10H11ClN4/c1-10(2-3-10)6-15-8-7(5-13-15)4-12-9(11)14-8/h4-5H,2-3,6H2,1H3. The minimum absolute atomic E-state index is 0.283. The molecule has 15 heavy (non-hydrogen) atoms. The van der Waals surface area contributed by atoms with Crippen molar-refractivity contribution in [1.82, 2.24) is 19.7 Å². The predicted octanol–water partition coefficient (Wildman–Crippen LogP) is 2.28. The second-order valence-corrected chi connectivity index (χ2v) is 4.87. The summed E-state index contributed by atoms with van der Waals surface area (Å²) in [5.41, 5.74) is 1.25. The summed E-state index contributed by atoms with van der Waals surface area (Å²) in [7, 11) is 0. The molecule has 0 amide bonds. The van der Waals surface area contributed by atoms with Gasteiger partial charge in [-0.1, -0.05) is 6.92 Å². The molecule has 1 aliphatic carbocycles. The van der Waals surface area contributed by atoms with Crippen molar-refractivity contribution in [3.8, 4) is 0 Å². The lowest BCUT2D eigenvalue weighted by molar-refractivity contribution is 0.440. The van der Waals surface area contributed by atoms with Crippen molar-refractivity contribution in [3.05, 3.63) is 17.7 Å². The first kappa shape index (κ1) is 9.09. The molecule has 0 aliphatic heterocycles. The minimum Gasteiger partial charge on any atom is -0.247 e. The summed E-state index contributed by atoms with van der Waals surface area (Å²) < 4.78 is 1.93. The molecule has 1 saturated carbocycles. The van der Waals surface area contributed by atoms with Crippen molar-refractivity contribution < 1.29 is 0 Å². The van der Waals surface area contributed by atoms with Crippen molar-refractivity contribution in [2.45, 2.75) is 26.3 Å². The first-order chi connectivity index (χ1) is 7.16. The van der Waals surface area contributed by atoms with Crippen LogP contribution in [0, 0.1) is 5.41 Å². The zero-order valence-electron chi connectivity index (χ0n) is 8.44. The van der Waals surface area contributed by atoms with Crippen molar-refractivity contribution >= 4 is 22.6 Å². The third-order valence-electron chi connectivity index (χ3n) is 2.98. The number of hydrogen-bond acceptors (Lipinski definition) is 3. The molecule has 0 spiro atoms. The Kier molecular flexibility index (Phi) is 1.77. The summed E-state index contributed by atoms with van der Waals surface area (Å²) in [6.45, 7) is 3.19. The van der Waals surface area contributed by atoms with Crippen LogP contribution in [-0.2, 0) is 6.54 Å². The van der Waals surface area contributed by atoms with E-state index < -0.39 is 0 Å². The minimum atomic E-state index is 0.283. The topological polar surface area (TPSA) is 43.6 Å². The fourth-order valence-corrected chi connectivity index (χ4v) is 1.82. The van der Waals surface area contributed by atoms with E-state index in [-0.39, 0.29) is 5.28 Å². The van der Waals surface area contributed by atoms with E-state index in [1.165, 1.54) is 12.8 Å². The smallest absolute Gasteiger partial charge is 0.224 e. The summed E-state index contributed by atoms with van der Waals surface area (Å²) in [5, 5.41) is 5.55. The van der Waals surface area contributed by atoms with Crippen LogP contribution >= 0.6 is 11.6 Å². The highest BCUT2D eigenvalue weighted by Crippen LogP contribution is 2.46. The van der Waals surface area contributed by atoms with Gasteiger partial charge in [0.15, 0.2) is 5.65 Å². The third kappa shape index (κ3) is 1.59. The maximum atomic E-state index is 5.77. The lowest BCUT2D eigenvalue weighted by Gasteiger charge is -2.08. The van der Waals surface area contributed by atoms with Crippen molar-refractivity contribution in [1.29, 1.82) is 0 Å². The van der Waals surface area contributed by atoms with Crippen molar-refractivity contribution in [3.63, 3.8) is 0 Å². The third-order valence-corrected chi connectivity index (χ3v) is 3.16. The Morgan fingerprint density at radius 1 is 1.47 bits per heavy atom. The molecule has 0 aromatic carbocycles. The number of nitrogens with zero attached hydrogens (tertiary/aromatic N) is 4. The molecule has 3 rings (SSSR count). The van der Waals surface area contributed by atoms with E-state index in [2.05, 4.69) is 22.0 Å². The van der Waals surface area contributed by atoms with Crippen LogP contribution in [0.25, 0.3) is 11.0 Å². The predicted molar refractivity (Wildman–Crippen MR) is 57.7 cm³/mol. The van der Waals surface area contributed by atoms with Crippen LogP contribution in [0.4, 0.5) is 0 Å². The number of fused-ring (bicyclic) bond motifs is 1. The summed E-state index contributed by atoms with van der Waals surface area (Å²) in [4.78, 5) is 8.14. The van der Waals surface area contributed by atoms with E-state index >= 15 is 0 Å². The summed E-state index contributed by atoms with van der Waals surface area (Å²) in [5.74, 6) is 0. The molecule has 0 atom stereocenters. The lowest BCUT2D eigenvalue weighted by atomic mass is 10.1. The van der Waals surface area contributed by atoms with Gasteiger partial charge in [-0.25, -0.2) is 9.67 Å². The van der Waals surface area contributed by atoms with Gasteiger partial charge in [-0.2, -0.15) is 10.1 Å². The molecule has 0 radical (unpaired) electrons. The van der Waals surface area contributed by atoms with Crippen LogP contribution in [0.3, 0.4) is 0 Å². The van der Waals surface area contributed by atoms with E-state index in [1.54, 1.807) is 12.4 Å². The molecule has 78 valence electrons. The van der Waals surface area contributed by atoms with Gasteiger partial charge in [-0.3, -0.25) is 0 Å². The summed E-state index contributed by atoms with van der Waals surface area (Å²) in [6.07, 6.45) is 6.04. The Morgan fingerprint density at radius 2 is 2.27 bits per heavy atom. The van der Waals surface area contributed by atoms with Crippen LogP contribution in [0.5, 0.6) is 0 Å². The Balaban J connectivity index is 2.06. The van der Waals surface area contributed by atoms with E-state index in [4.69, 9.17) is 11.6 Å². The highest BCUT2D eigenvalue weighted by atomic mass is 35.5. The molecule has 0 bridgehead atoms. The van der Waals surface area contributed by atoms with E-state index in [0.717, 1.165) is 17.6 Å². The number of rotatable bonds is 2. The van der Waals surface area contributed by atoms with Crippen LogP contribution in [0.2, 0.25) is 5.28 Å². The molecule has 0 saturated heterocycles. The molecule has 0 unspecified atom stereocenters. The van der Waals surface area contributed by atoms with Crippen molar-refractivity contribution in [2.24, 2.45) is 5.41 Å². The SMILES string of the molecule is CC1(Cn2ncc3cnc(Cl)nc32)CC1. The molecule has 2 aromatic rings. The first-order valence-electron chi connectivity index (χ1n) is 5.00. The van der Waals surface area contributed by atoms with E-state index in [1.807, 2.05) is 4.68 Å².